The molecule has 6 rings (SSSR count). The maximum absolute atomic E-state index is 13.0. The van der Waals surface area contributed by atoms with Crippen LogP contribution < -0.4 is 0 Å². The molecule has 0 bridgehead atoms. The summed E-state index contributed by atoms with van der Waals surface area (Å²) in [6, 6.07) is 8.83. The lowest BCUT2D eigenvalue weighted by Gasteiger charge is -2.09. The molecule has 1 fully saturated rings. The first-order valence-corrected chi connectivity index (χ1v) is 11.5. The first-order valence-electron chi connectivity index (χ1n) is 11.5. The summed E-state index contributed by atoms with van der Waals surface area (Å²) in [6.45, 7) is 0. The molecule has 36 heavy (non-hydrogen) atoms. The van der Waals surface area contributed by atoms with Crippen LogP contribution in [0.15, 0.2) is 55.1 Å². The van der Waals surface area contributed by atoms with Crippen LogP contribution in [-0.4, -0.2) is 34.6 Å². The van der Waals surface area contributed by atoms with Crippen molar-refractivity contribution in [1.29, 1.82) is 0 Å². The highest BCUT2D eigenvalue weighted by atomic mass is 19.4. The summed E-state index contributed by atoms with van der Waals surface area (Å²) in [5.74, 6) is 1.12. The third-order valence-corrected chi connectivity index (χ3v) is 6.41. The Morgan fingerprint density at radius 1 is 1.08 bits per heavy atom. The molecule has 182 valence electrons. The van der Waals surface area contributed by atoms with Crippen LogP contribution in [-0.2, 0) is 19.6 Å². The van der Waals surface area contributed by atoms with E-state index in [2.05, 4.69) is 19.9 Å². The summed E-state index contributed by atoms with van der Waals surface area (Å²) in [5.41, 5.74) is 4.50. The number of hydrogen-bond acceptors (Lipinski definition) is 5. The fraction of sp³-hybridized carbons (Fsp3) is 0.231. The van der Waals surface area contributed by atoms with E-state index in [1.807, 2.05) is 18.3 Å². The number of nitrogens with zero attached hydrogens (tertiary/aromatic N) is 5. The number of rotatable bonds is 5. The van der Waals surface area contributed by atoms with Gasteiger partial charge < -0.3 is 14.7 Å². The molecule has 1 saturated carbocycles. The highest BCUT2D eigenvalue weighted by Crippen LogP contribution is 2.45. The Kier molecular flexibility index (Phi) is 5.06. The van der Waals surface area contributed by atoms with Gasteiger partial charge in [0.2, 0.25) is 0 Å². The Labute approximate surface area is 203 Å². The molecule has 1 aromatic carbocycles. The number of halogens is 3. The summed E-state index contributed by atoms with van der Waals surface area (Å²) in [4.78, 5) is 20.7. The lowest BCUT2D eigenvalue weighted by molar-refractivity contribution is -0.140. The van der Waals surface area contributed by atoms with Crippen LogP contribution >= 0.6 is 0 Å². The van der Waals surface area contributed by atoms with Gasteiger partial charge in [0.05, 0.1) is 28.5 Å². The topological polar surface area (TPSA) is 92.5 Å². The number of benzene rings is 1. The van der Waals surface area contributed by atoms with E-state index in [1.54, 1.807) is 37.6 Å². The molecule has 0 radical (unpaired) electrons. The molecule has 0 aliphatic heterocycles. The minimum atomic E-state index is -4.49. The van der Waals surface area contributed by atoms with E-state index in [4.69, 9.17) is 4.98 Å². The van der Waals surface area contributed by atoms with E-state index >= 15 is 0 Å². The largest absolute Gasteiger partial charge is 0.507 e. The van der Waals surface area contributed by atoms with Crippen LogP contribution in [0.4, 0.5) is 13.2 Å². The zero-order chi connectivity index (χ0) is 25.0. The summed E-state index contributed by atoms with van der Waals surface area (Å²) in [6.07, 6.45) is 4.30. The number of H-pyrrole nitrogens is 1. The van der Waals surface area contributed by atoms with E-state index in [-0.39, 0.29) is 11.6 Å². The maximum Gasteiger partial charge on any atom is 0.434 e. The molecule has 4 aromatic heterocycles. The number of fused-ring (bicyclic) bond motifs is 1. The van der Waals surface area contributed by atoms with E-state index in [0.29, 0.717) is 29.3 Å². The van der Waals surface area contributed by atoms with Crippen molar-refractivity contribution in [3.63, 3.8) is 0 Å². The number of aryl methyl sites for hydroxylation is 1. The van der Waals surface area contributed by atoms with Crippen molar-refractivity contribution in [2.24, 2.45) is 7.05 Å². The van der Waals surface area contributed by atoms with Crippen LogP contribution in [0.25, 0.3) is 33.8 Å². The molecule has 4 heterocycles. The first kappa shape index (κ1) is 22.3. The Balaban J connectivity index is 1.30. The van der Waals surface area contributed by atoms with Crippen LogP contribution in [0.2, 0.25) is 0 Å². The SMILES string of the molecule is Cn1cc(C(F)(F)F)nc1-c1ccc(Cc2c[nH]c3cnc(-c4c(O)ccnc4C4CC4)nc23)cc1. The van der Waals surface area contributed by atoms with Crippen molar-refractivity contribution in [3.8, 4) is 28.5 Å². The highest BCUT2D eigenvalue weighted by Gasteiger charge is 2.34. The minimum absolute atomic E-state index is 0.113. The number of imidazole rings is 1. The zero-order valence-electron chi connectivity index (χ0n) is 19.2. The van der Waals surface area contributed by atoms with Gasteiger partial charge in [0.25, 0.3) is 0 Å². The van der Waals surface area contributed by atoms with Gasteiger partial charge in [0.1, 0.15) is 11.6 Å². The normalized spacial score (nSPS) is 14.0. The van der Waals surface area contributed by atoms with Crippen molar-refractivity contribution in [1.82, 2.24) is 29.5 Å². The zero-order valence-corrected chi connectivity index (χ0v) is 19.2. The molecule has 1 aliphatic rings. The second kappa shape index (κ2) is 8.18. The summed E-state index contributed by atoms with van der Waals surface area (Å²) < 4.78 is 40.4. The third-order valence-electron chi connectivity index (χ3n) is 6.41. The summed E-state index contributed by atoms with van der Waals surface area (Å²) >= 11 is 0. The predicted octanol–water partition coefficient (Wildman–Crippen LogP) is 5.61. The number of aromatic nitrogens is 6. The number of alkyl halides is 3. The minimum Gasteiger partial charge on any atom is -0.507 e. The Morgan fingerprint density at radius 3 is 2.56 bits per heavy atom. The average molecular weight is 490 g/mol. The quantitative estimate of drug-likeness (QED) is 0.334. The molecule has 0 atom stereocenters. The number of aromatic amines is 1. The van der Waals surface area contributed by atoms with Crippen molar-refractivity contribution in [2.75, 3.05) is 0 Å². The van der Waals surface area contributed by atoms with Gasteiger partial charge in [-0.05, 0) is 24.5 Å². The van der Waals surface area contributed by atoms with Gasteiger partial charge >= 0.3 is 6.18 Å². The van der Waals surface area contributed by atoms with Crippen molar-refractivity contribution >= 4 is 11.0 Å². The first-order chi connectivity index (χ1) is 17.3. The molecular weight excluding hydrogens is 469 g/mol. The number of aromatic hydroxyl groups is 1. The van der Waals surface area contributed by atoms with Gasteiger partial charge in [-0.25, -0.2) is 15.0 Å². The molecule has 0 spiro atoms. The van der Waals surface area contributed by atoms with Crippen LogP contribution in [0, 0.1) is 0 Å². The molecule has 1 aliphatic carbocycles. The van der Waals surface area contributed by atoms with Crippen molar-refractivity contribution in [2.45, 2.75) is 31.4 Å². The van der Waals surface area contributed by atoms with E-state index in [9.17, 15) is 18.3 Å². The Bertz CT molecular complexity index is 1580. The monoisotopic (exact) mass is 490 g/mol. The molecular formula is C26H21F3N6O. The van der Waals surface area contributed by atoms with Gasteiger partial charge in [-0.3, -0.25) is 4.98 Å². The lowest BCUT2D eigenvalue weighted by atomic mass is 10.0. The highest BCUT2D eigenvalue weighted by molar-refractivity contribution is 5.81. The van der Waals surface area contributed by atoms with Crippen LogP contribution in [0.5, 0.6) is 5.75 Å². The molecule has 0 amide bonds. The number of hydrogen-bond donors (Lipinski definition) is 2. The van der Waals surface area contributed by atoms with Gasteiger partial charge in [0.15, 0.2) is 11.5 Å². The van der Waals surface area contributed by atoms with Crippen LogP contribution in [0.3, 0.4) is 0 Å². The predicted molar refractivity (Wildman–Crippen MR) is 127 cm³/mol. The summed E-state index contributed by atoms with van der Waals surface area (Å²) in [7, 11) is 1.55. The smallest absolute Gasteiger partial charge is 0.434 e. The Hall–Kier alpha value is -4.21. The maximum atomic E-state index is 13.0. The fourth-order valence-electron chi connectivity index (χ4n) is 4.45. The van der Waals surface area contributed by atoms with E-state index in [0.717, 1.165) is 46.9 Å². The van der Waals surface area contributed by atoms with Gasteiger partial charge in [-0.2, -0.15) is 13.2 Å². The number of nitrogens with one attached hydrogen (secondary N) is 1. The van der Waals surface area contributed by atoms with Crippen LogP contribution in [0.1, 0.15) is 41.3 Å². The molecule has 5 aromatic rings. The lowest BCUT2D eigenvalue weighted by Crippen LogP contribution is -2.04. The molecule has 0 saturated heterocycles. The van der Waals surface area contributed by atoms with E-state index in [1.165, 1.54) is 4.57 Å². The summed E-state index contributed by atoms with van der Waals surface area (Å²) in [5, 5.41) is 10.5. The van der Waals surface area contributed by atoms with Crippen molar-refractivity contribution in [3.05, 3.63) is 77.6 Å². The molecule has 2 N–H and O–H groups in total. The fourth-order valence-corrected chi connectivity index (χ4v) is 4.45. The van der Waals surface area contributed by atoms with Gasteiger partial charge in [-0.1, -0.05) is 24.3 Å². The molecule has 0 unspecified atom stereocenters. The Morgan fingerprint density at radius 2 is 1.86 bits per heavy atom. The average Bonchev–Trinajstić information content (AvgIpc) is 3.51. The second-order valence-electron chi connectivity index (χ2n) is 9.07. The van der Waals surface area contributed by atoms with Gasteiger partial charge in [0, 0.05) is 49.1 Å². The molecule has 10 heteroatoms. The number of pyridine rings is 1. The standard InChI is InChI=1S/C26H21F3N6O/c1-35-13-20(26(27,28)29)33-25(35)16-4-2-14(3-5-16)10-17-11-31-18-12-32-24(34-22(17)18)21-19(36)8-9-30-23(21)15-6-7-15/h2-5,8-9,11-13,15,31H,6-7,10H2,1H3,(H,30,36). The third kappa shape index (κ3) is 3.98. The van der Waals surface area contributed by atoms with E-state index < -0.39 is 11.9 Å². The molecule has 7 nitrogen and oxygen atoms in total. The second-order valence-corrected chi connectivity index (χ2v) is 9.07. The van der Waals surface area contributed by atoms with Crippen molar-refractivity contribution < 1.29 is 18.3 Å². The van der Waals surface area contributed by atoms with Gasteiger partial charge in [-0.15, -0.1) is 0 Å².